The normalized spacial score (nSPS) is 13.3. The molecule has 1 aromatic heterocycles. The van der Waals surface area contributed by atoms with Crippen molar-refractivity contribution < 1.29 is 45.8 Å². The number of rotatable bonds is 9. The van der Waals surface area contributed by atoms with Crippen LogP contribution in [-0.4, -0.2) is 45.6 Å². The van der Waals surface area contributed by atoms with Crippen LogP contribution in [0.1, 0.15) is 21.6 Å². The van der Waals surface area contributed by atoms with Gasteiger partial charge < -0.3 is 20.0 Å². The van der Waals surface area contributed by atoms with Crippen LogP contribution in [0.5, 0.6) is 5.75 Å². The number of aliphatic hydroxyl groups is 1. The van der Waals surface area contributed by atoms with Gasteiger partial charge in [0, 0.05) is 6.42 Å². The van der Waals surface area contributed by atoms with Crippen molar-refractivity contribution in [3.8, 4) is 22.6 Å². The Balaban J connectivity index is 1.54. The Labute approximate surface area is 229 Å². The molecule has 1 atom stereocenters. The minimum absolute atomic E-state index is 0.0605. The number of alkyl halides is 6. The lowest BCUT2D eigenvalue weighted by Gasteiger charge is -2.27. The zero-order chi connectivity index (χ0) is 29.8. The number of hydrogen-bond acceptors (Lipinski definition) is 5. The van der Waals surface area contributed by atoms with Crippen molar-refractivity contribution >= 4 is 12.2 Å². The van der Waals surface area contributed by atoms with Crippen LogP contribution in [0.15, 0.2) is 85.1 Å². The molecule has 7 nitrogen and oxygen atoms in total. The Morgan fingerprint density at radius 1 is 0.902 bits per heavy atom. The van der Waals surface area contributed by atoms with Crippen molar-refractivity contribution in [2.45, 2.75) is 24.5 Å². The molecule has 4 rings (SSSR count). The number of aliphatic hydroxyl groups excluding tert-OH is 1. The summed E-state index contributed by atoms with van der Waals surface area (Å²) >= 11 is 0. The van der Waals surface area contributed by atoms with E-state index in [2.05, 4.69) is 15.2 Å². The molecule has 0 aliphatic rings. The van der Waals surface area contributed by atoms with Crippen LogP contribution in [0.4, 0.5) is 26.3 Å². The number of nitrogens with one attached hydrogen (secondary N) is 1. The van der Waals surface area contributed by atoms with Gasteiger partial charge in [-0.05, 0) is 41.0 Å². The van der Waals surface area contributed by atoms with Gasteiger partial charge in [0.05, 0.1) is 24.1 Å². The number of amides is 1. The number of aldehydes is 1. The number of para-hydroxylation sites is 1. The molecular formula is C28H21F6N3O4. The van der Waals surface area contributed by atoms with Gasteiger partial charge in [-0.1, -0.05) is 54.6 Å². The summed E-state index contributed by atoms with van der Waals surface area (Å²) in [6.07, 6.45) is -9.10. The van der Waals surface area contributed by atoms with Crippen LogP contribution in [0.25, 0.3) is 16.8 Å². The van der Waals surface area contributed by atoms with E-state index in [1.54, 1.807) is 30.3 Å². The quantitative estimate of drug-likeness (QED) is 0.207. The van der Waals surface area contributed by atoms with E-state index < -0.39 is 47.6 Å². The lowest BCUT2D eigenvalue weighted by molar-refractivity contribution is -0.274. The van der Waals surface area contributed by atoms with Gasteiger partial charge in [0.15, 0.2) is 5.69 Å². The minimum Gasteiger partial charge on any atom is -0.406 e. The molecule has 4 aromatic rings. The van der Waals surface area contributed by atoms with Crippen molar-refractivity contribution in [1.82, 2.24) is 15.1 Å². The molecule has 1 unspecified atom stereocenters. The highest BCUT2D eigenvalue weighted by atomic mass is 19.4. The second kappa shape index (κ2) is 11.5. The Kier molecular flexibility index (Phi) is 8.19. The summed E-state index contributed by atoms with van der Waals surface area (Å²) in [7, 11) is 0. The van der Waals surface area contributed by atoms with Crippen LogP contribution in [0.3, 0.4) is 0 Å². The number of carbonyl (C=O) groups is 2. The third-order valence-corrected chi connectivity index (χ3v) is 6.05. The summed E-state index contributed by atoms with van der Waals surface area (Å²) < 4.78 is 83.5. The number of carbonyl (C=O) groups excluding carboxylic acids is 2. The number of nitrogens with zero attached hydrogens (tertiary/aromatic N) is 2. The molecule has 0 fully saturated rings. The molecule has 0 saturated carbocycles. The zero-order valence-electron chi connectivity index (χ0n) is 20.9. The van der Waals surface area contributed by atoms with Crippen molar-refractivity contribution in [1.29, 1.82) is 0 Å². The van der Waals surface area contributed by atoms with Crippen LogP contribution in [0, 0.1) is 0 Å². The van der Waals surface area contributed by atoms with E-state index in [1.807, 2.05) is 0 Å². The molecular weight excluding hydrogens is 556 g/mol. The highest BCUT2D eigenvalue weighted by molar-refractivity contribution is 5.97. The summed E-state index contributed by atoms with van der Waals surface area (Å²) in [5.74, 6) is -1.66. The molecule has 13 heteroatoms. The smallest absolute Gasteiger partial charge is 0.406 e. The molecule has 2 N–H and O–H groups in total. The average molecular weight is 577 g/mol. The summed E-state index contributed by atoms with van der Waals surface area (Å²) in [6.45, 7) is -0.918. The Morgan fingerprint density at radius 3 is 2.00 bits per heavy atom. The molecule has 0 radical (unpaired) electrons. The van der Waals surface area contributed by atoms with Crippen LogP contribution in [0.2, 0.25) is 0 Å². The molecule has 41 heavy (non-hydrogen) atoms. The number of halogens is 6. The SMILES string of the molecule is O=CC(CO)(Cc1ccc(-c2ccc(OC(F)(F)F)cc2)cc1)NC(=O)c1cnn(-c2ccccc2)c1C(F)(F)F. The molecule has 0 saturated heterocycles. The highest BCUT2D eigenvalue weighted by Gasteiger charge is 2.42. The van der Waals surface area contributed by atoms with Crippen LogP contribution in [-0.2, 0) is 17.4 Å². The van der Waals surface area contributed by atoms with Gasteiger partial charge in [-0.15, -0.1) is 13.2 Å². The topological polar surface area (TPSA) is 93.4 Å². The molecule has 0 aliphatic carbocycles. The Bertz CT molecular complexity index is 1500. The van der Waals surface area contributed by atoms with Gasteiger partial charge in [0.25, 0.3) is 5.91 Å². The number of aromatic nitrogens is 2. The standard InChI is InChI=1S/C28H21F6N3O4/c29-27(30,31)24-23(15-35-37(24)21-4-2-1-3-5-21)25(40)36-26(16-38,17-39)14-18-6-8-19(9-7-18)20-10-12-22(13-11-20)41-28(32,33)34/h1-13,15-16,39H,14,17H2,(H,36,40). The highest BCUT2D eigenvalue weighted by Crippen LogP contribution is 2.34. The van der Waals surface area contributed by atoms with Crippen molar-refractivity contribution in [3.05, 3.63) is 102 Å². The fourth-order valence-electron chi connectivity index (χ4n) is 4.12. The molecule has 3 aromatic carbocycles. The van der Waals surface area contributed by atoms with E-state index in [1.165, 1.54) is 36.4 Å². The summed E-state index contributed by atoms with van der Waals surface area (Å²) in [4.78, 5) is 25.1. The molecule has 214 valence electrons. The first kappa shape index (κ1) is 29.3. The van der Waals surface area contributed by atoms with E-state index in [0.29, 0.717) is 21.4 Å². The van der Waals surface area contributed by atoms with Gasteiger partial charge in [0.1, 0.15) is 17.6 Å². The number of ether oxygens (including phenoxy) is 1. The van der Waals surface area contributed by atoms with Gasteiger partial charge in [0.2, 0.25) is 0 Å². The van der Waals surface area contributed by atoms with Crippen molar-refractivity contribution in [3.63, 3.8) is 0 Å². The fourth-order valence-corrected chi connectivity index (χ4v) is 4.12. The molecule has 0 spiro atoms. The maximum absolute atomic E-state index is 14.0. The summed E-state index contributed by atoms with van der Waals surface area (Å²) in [5.41, 5.74) is -2.51. The van der Waals surface area contributed by atoms with E-state index in [9.17, 15) is 41.0 Å². The van der Waals surface area contributed by atoms with E-state index in [4.69, 9.17) is 0 Å². The fraction of sp³-hybridized carbons (Fsp3) is 0.179. The molecule has 1 heterocycles. The second-order valence-electron chi connectivity index (χ2n) is 8.98. The predicted molar refractivity (Wildman–Crippen MR) is 134 cm³/mol. The van der Waals surface area contributed by atoms with E-state index in [0.717, 1.165) is 18.3 Å². The minimum atomic E-state index is -4.98. The monoisotopic (exact) mass is 577 g/mol. The van der Waals surface area contributed by atoms with Crippen molar-refractivity contribution in [2.75, 3.05) is 6.61 Å². The number of benzene rings is 3. The maximum Gasteiger partial charge on any atom is 0.573 e. The first-order valence-electron chi connectivity index (χ1n) is 11.9. The molecule has 0 aliphatic heterocycles. The number of hydrogen-bond donors (Lipinski definition) is 2. The summed E-state index contributed by atoms with van der Waals surface area (Å²) in [5, 5.41) is 16.0. The second-order valence-corrected chi connectivity index (χ2v) is 8.98. The Morgan fingerprint density at radius 2 is 1.49 bits per heavy atom. The van der Waals surface area contributed by atoms with Gasteiger partial charge in [-0.25, -0.2) is 4.68 Å². The lowest BCUT2D eigenvalue weighted by atomic mass is 9.91. The first-order chi connectivity index (χ1) is 19.3. The molecule has 1 amide bonds. The predicted octanol–water partition coefficient (Wildman–Crippen LogP) is 5.36. The van der Waals surface area contributed by atoms with E-state index >= 15 is 0 Å². The van der Waals surface area contributed by atoms with Crippen LogP contribution < -0.4 is 10.1 Å². The lowest BCUT2D eigenvalue weighted by Crippen LogP contribution is -2.54. The largest absolute Gasteiger partial charge is 0.573 e. The third-order valence-electron chi connectivity index (χ3n) is 6.05. The zero-order valence-corrected chi connectivity index (χ0v) is 20.9. The van der Waals surface area contributed by atoms with Gasteiger partial charge in [-0.2, -0.15) is 18.3 Å². The van der Waals surface area contributed by atoms with Gasteiger partial charge >= 0.3 is 12.5 Å². The van der Waals surface area contributed by atoms with E-state index in [-0.39, 0.29) is 18.4 Å². The first-order valence-corrected chi connectivity index (χ1v) is 11.9. The summed E-state index contributed by atoms with van der Waals surface area (Å²) in [6, 6.07) is 18.7. The van der Waals surface area contributed by atoms with Gasteiger partial charge in [-0.3, -0.25) is 4.79 Å². The molecule has 0 bridgehead atoms. The third kappa shape index (κ3) is 6.92. The van der Waals surface area contributed by atoms with Crippen LogP contribution >= 0.6 is 0 Å². The van der Waals surface area contributed by atoms with Crippen molar-refractivity contribution in [2.24, 2.45) is 0 Å². The maximum atomic E-state index is 14.0. The Hall–Kier alpha value is -4.65. The average Bonchev–Trinajstić information content (AvgIpc) is 3.40.